The summed E-state index contributed by atoms with van der Waals surface area (Å²) in [6, 6.07) is 0.206. The highest BCUT2D eigenvalue weighted by molar-refractivity contribution is 5.85. The van der Waals surface area contributed by atoms with Gasteiger partial charge >= 0.3 is 0 Å². The van der Waals surface area contributed by atoms with E-state index in [1.165, 1.54) is 25.7 Å². The molecular formula is C16H31ClN2O. The van der Waals surface area contributed by atoms with E-state index in [-0.39, 0.29) is 18.4 Å². The Labute approximate surface area is 130 Å². The van der Waals surface area contributed by atoms with E-state index >= 15 is 0 Å². The van der Waals surface area contributed by atoms with Crippen LogP contribution in [0.25, 0.3) is 0 Å². The van der Waals surface area contributed by atoms with Crippen LogP contribution < -0.4 is 5.73 Å². The van der Waals surface area contributed by atoms with E-state index in [0.29, 0.717) is 17.7 Å². The number of nitrogens with zero attached hydrogens (tertiary/aromatic N) is 1. The molecule has 0 aromatic rings. The Morgan fingerprint density at radius 3 is 2.50 bits per heavy atom. The van der Waals surface area contributed by atoms with Crippen molar-refractivity contribution in [3.63, 3.8) is 0 Å². The molecule has 0 aromatic carbocycles. The van der Waals surface area contributed by atoms with Crippen LogP contribution in [-0.2, 0) is 4.79 Å². The van der Waals surface area contributed by atoms with Gasteiger partial charge in [0.2, 0.25) is 5.91 Å². The first kappa shape index (κ1) is 17.8. The molecule has 2 bridgehead atoms. The number of hydrogen-bond donors (Lipinski definition) is 1. The maximum absolute atomic E-state index is 12.2. The first-order chi connectivity index (χ1) is 8.97. The number of carbonyl (C=O) groups excluding carboxylic acids is 1. The Hall–Kier alpha value is -0.280. The van der Waals surface area contributed by atoms with Crippen LogP contribution in [0, 0.1) is 23.7 Å². The predicted molar refractivity (Wildman–Crippen MR) is 85.9 cm³/mol. The molecule has 2 aliphatic rings. The molecule has 118 valence electrons. The third-order valence-electron chi connectivity index (χ3n) is 5.40. The summed E-state index contributed by atoms with van der Waals surface area (Å²) in [4.78, 5) is 14.1. The van der Waals surface area contributed by atoms with Gasteiger partial charge in [-0.15, -0.1) is 12.4 Å². The summed E-state index contributed by atoms with van der Waals surface area (Å²) in [5.74, 6) is 3.28. The molecular weight excluding hydrogens is 272 g/mol. The zero-order valence-electron chi connectivity index (χ0n) is 13.2. The van der Waals surface area contributed by atoms with Gasteiger partial charge in [0.05, 0.1) is 0 Å². The van der Waals surface area contributed by atoms with Gasteiger partial charge in [0.15, 0.2) is 0 Å². The summed E-state index contributed by atoms with van der Waals surface area (Å²) in [6.07, 6.45) is 7.15. The lowest BCUT2D eigenvalue weighted by atomic mass is 9.86. The minimum atomic E-state index is 0. The summed E-state index contributed by atoms with van der Waals surface area (Å²) < 4.78 is 0. The van der Waals surface area contributed by atoms with Gasteiger partial charge in [-0.25, -0.2) is 0 Å². The molecule has 4 heteroatoms. The first-order valence-corrected chi connectivity index (χ1v) is 7.97. The number of halogens is 1. The normalized spacial score (nSPS) is 29.4. The van der Waals surface area contributed by atoms with E-state index in [1.807, 2.05) is 11.9 Å². The summed E-state index contributed by atoms with van der Waals surface area (Å²) >= 11 is 0. The van der Waals surface area contributed by atoms with Crippen LogP contribution in [0.3, 0.4) is 0 Å². The maximum atomic E-state index is 12.2. The molecule has 3 nitrogen and oxygen atoms in total. The van der Waals surface area contributed by atoms with E-state index in [2.05, 4.69) is 13.8 Å². The van der Waals surface area contributed by atoms with Crippen molar-refractivity contribution in [1.82, 2.24) is 4.90 Å². The standard InChI is InChI=1S/C16H30N2O.ClH/c1-11(2)15(17)6-7-18(3)16(19)10-14-9-12-4-5-13(14)8-12;/h11-15H,4-10,17H2,1-3H3;1H. The van der Waals surface area contributed by atoms with Crippen molar-refractivity contribution in [2.75, 3.05) is 13.6 Å². The Bertz CT molecular complexity index is 322. The molecule has 0 heterocycles. The van der Waals surface area contributed by atoms with Gasteiger partial charge < -0.3 is 10.6 Å². The zero-order valence-corrected chi connectivity index (χ0v) is 14.0. The highest BCUT2D eigenvalue weighted by Crippen LogP contribution is 2.49. The van der Waals surface area contributed by atoms with Crippen molar-refractivity contribution >= 4 is 18.3 Å². The molecule has 2 fully saturated rings. The van der Waals surface area contributed by atoms with Crippen LogP contribution in [0.5, 0.6) is 0 Å². The van der Waals surface area contributed by atoms with Gasteiger partial charge in [0, 0.05) is 26.1 Å². The van der Waals surface area contributed by atoms with Crippen molar-refractivity contribution in [1.29, 1.82) is 0 Å². The second-order valence-corrected chi connectivity index (χ2v) is 7.15. The fourth-order valence-electron chi connectivity index (χ4n) is 3.81. The first-order valence-electron chi connectivity index (χ1n) is 7.97. The molecule has 0 saturated heterocycles. The van der Waals surface area contributed by atoms with Crippen LogP contribution in [0.1, 0.15) is 52.4 Å². The quantitative estimate of drug-likeness (QED) is 0.819. The summed E-state index contributed by atoms with van der Waals surface area (Å²) in [6.45, 7) is 5.09. The Morgan fingerprint density at radius 1 is 1.30 bits per heavy atom. The molecule has 4 unspecified atom stereocenters. The van der Waals surface area contributed by atoms with E-state index in [9.17, 15) is 4.79 Å². The Kier molecular flexibility index (Phi) is 6.80. The molecule has 2 N–H and O–H groups in total. The van der Waals surface area contributed by atoms with Crippen LogP contribution >= 0.6 is 12.4 Å². The van der Waals surface area contributed by atoms with Gasteiger partial charge in [-0.3, -0.25) is 4.79 Å². The molecule has 0 radical (unpaired) electrons. The van der Waals surface area contributed by atoms with Crippen molar-refractivity contribution in [3.05, 3.63) is 0 Å². The highest BCUT2D eigenvalue weighted by atomic mass is 35.5. The molecule has 2 saturated carbocycles. The summed E-state index contributed by atoms with van der Waals surface area (Å²) in [7, 11) is 1.93. The topological polar surface area (TPSA) is 46.3 Å². The minimum absolute atomic E-state index is 0. The van der Waals surface area contributed by atoms with Gasteiger partial charge in [-0.1, -0.05) is 20.3 Å². The number of rotatable bonds is 6. The average Bonchev–Trinajstić information content (AvgIpc) is 2.97. The van der Waals surface area contributed by atoms with Crippen molar-refractivity contribution < 1.29 is 4.79 Å². The van der Waals surface area contributed by atoms with E-state index < -0.39 is 0 Å². The van der Waals surface area contributed by atoms with Crippen LogP contribution in [0.2, 0.25) is 0 Å². The van der Waals surface area contributed by atoms with E-state index in [4.69, 9.17) is 5.73 Å². The van der Waals surface area contributed by atoms with Crippen LogP contribution in [0.15, 0.2) is 0 Å². The Morgan fingerprint density at radius 2 is 2.00 bits per heavy atom. The molecule has 2 rings (SSSR count). The third kappa shape index (κ3) is 4.36. The highest BCUT2D eigenvalue weighted by Gasteiger charge is 2.40. The van der Waals surface area contributed by atoms with Crippen molar-refractivity contribution in [2.24, 2.45) is 29.4 Å². The number of fused-ring (bicyclic) bond motifs is 2. The lowest BCUT2D eigenvalue weighted by Gasteiger charge is -2.25. The predicted octanol–water partition coefficient (Wildman–Crippen LogP) is 3.07. The molecule has 4 atom stereocenters. The SMILES string of the molecule is CC(C)C(N)CCN(C)C(=O)CC1CC2CCC1C2.Cl. The fourth-order valence-corrected chi connectivity index (χ4v) is 3.81. The number of amides is 1. The van der Waals surface area contributed by atoms with Crippen molar-refractivity contribution in [2.45, 2.75) is 58.4 Å². The Balaban J connectivity index is 0.00000200. The fraction of sp³-hybridized carbons (Fsp3) is 0.938. The van der Waals surface area contributed by atoms with Crippen molar-refractivity contribution in [3.8, 4) is 0 Å². The number of nitrogens with two attached hydrogens (primary N) is 1. The monoisotopic (exact) mass is 302 g/mol. The van der Waals surface area contributed by atoms with E-state index in [0.717, 1.165) is 31.2 Å². The number of hydrogen-bond acceptors (Lipinski definition) is 2. The average molecular weight is 303 g/mol. The summed E-state index contributed by atoms with van der Waals surface area (Å²) in [5, 5.41) is 0. The van der Waals surface area contributed by atoms with E-state index in [1.54, 1.807) is 0 Å². The third-order valence-corrected chi connectivity index (χ3v) is 5.40. The molecule has 2 aliphatic carbocycles. The number of carbonyl (C=O) groups is 1. The second-order valence-electron chi connectivity index (χ2n) is 7.15. The lowest BCUT2D eigenvalue weighted by Crippen LogP contribution is -2.35. The second kappa shape index (κ2) is 7.65. The minimum Gasteiger partial charge on any atom is -0.346 e. The molecule has 0 aliphatic heterocycles. The van der Waals surface area contributed by atoms with Gasteiger partial charge in [0.1, 0.15) is 0 Å². The van der Waals surface area contributed by atoms with Crippen LogP contribution in [0.4, 0.5) is 0 Å². The smallest absolute Gasteiger partial charge is 0.222 e. The molecule has 20 heavy (non-hydrogen) atoms. The maximum Gasteiger partial charge on any atom is 0.222 e. The molecule has 0 spiro atoms. The van der Waals surface area contributed by atoms with Gasteiger partial charge in [0.25, 0.3) is 0 Å². The summed E-state index contributed by atoms with van der Waals surface area (Å²) in [5.41, 5.74) is 6.04. The van der Waals surface area contributed by atoms with Crippen LogP contribution in [-0.4, -0.2) is 30.4 Å². The van der Waals surface area contributed by atoms with Gasteiger partial charge in [-0.2, -0.15) is 0 Å². The lowest BCUT2D eigenvalue weighted by molar-refractivity contribution is -0.131. The molecule has 0 aromatic heterocycles. The molecule has 1 amide bonds. The zero-order chi connectivity index (χ0) is 14.0. The largest absolute Gasteiger partial charge is 0.346 e. The van der Waals surface area contributed by atoms with Gasteiger partial charge in [-0.05, 0) is 49.4 Å².